The first-order valence-electron chi connectivity index (χ1n) is 4.24. The highest BCUT2D eigenvalue weighted by molar-refractivity contribution is 6.30. The lowest BCUT2D eigenvalue weighted by Gasteiger charge is -2.16. The Kier molecular flexibility index (Phi) is 3.63. The van der Waals surface area contributed by atoms with E-state index in [1.165, 1.54) is 25.1 Å². The summed E-state index contributed by atoms with van der Waals surface area (Å²) in [6.07, 6.45) is 0. The zero-order valence-corrected chi connectivity index (χ0v) is 9.05. The summed E-state index contributed by atoms with van der Waals surface area (Å²) in [6, 6.07) is 3.35. The molecule has 1 amide bonds. The number of amides is 1. The van der Waals surface area contributed by atoms with Crippen molar-refractivity contribution < 1.29 is 13.6 Å². The highest BCUT2D eigenvalue weighted by atomic mass is 35.5. The highest BCUT2D eigenvalue weighted by Gasteiger charge is 2.25. The number of nitrogens with zero attached hydrogens (tertiary/aromatic N) is 1. The van der Waals surface area contributed by atoms with Crippen LogP contribution in [0.5, 0.6) is 0 Å². The summed E-state index contributed by atoms with van der Waals surface area (Å²) < 4.78 is 26.5. The molecule has 1 aromatic rings. The van der Waals surface area contributed by atoms with Gasteiger partial charge in [0.1, 0.15) is 17.0 Å². The molecule has 5 heteroatoms. The fourth-order valence-corrected chi connectivity index (χ4v) is 1.51. The average Bonchev–Trinajstić information content (AvgIpc) is 2.15. The van der Waals surface area contributed by atoms with Crippen molar-refractivity contribution in [3.8, 4) is 0 Å². The van der Waals surface area contributed by atoms with Gasteiger partial charge in [0.05, 0.1) is 5.56 Å². The zero-order valence-electron chi connectivity index (χ0n) is 8.30. The largest absolute Gasteiger partial charge is 0.347 e. The molecule has 0 heterocycles. The van der Waals surface area contributed by atoms with Gasteiger partial charge < -0.3 is 4.90 Å². The van der Waals surface area contributed by atoms with E-state index >= 15 is 0 Å². The number of benzene rings is 1. The summed E-state index contributed by atoms with van der Waals surface area (Å²) in [5.74, 6) is -2.18. The molecule has 0 saturated carbocycles. The molecule has 0 aliphatic heterocycles. The van der Waals surface area contributed by atoms with Crippen molar-refractivity contribution in [3.05, 3.63) is 35.4 Å². The van der Waals surface area contributed by atoms with Gasteiger partial charge >= 0.3 is 0 Å². The number of halogens is 3. The first-order chi connectivity index (χ1) is 6.95. The molecule has 0 aromatic heterocycles. The first-order valence-corrected chi connectivity index (χ1v) is 4.68. The average molecular weight is 234 g/mol. The third-order valence-electron chi connectivity index (χ3n) is 1.91. The fraction of sp³-hybridized carbons (Fsp3) is 0.300. The van der Waals surface area contributed by atoms with Crippen LogP contribution in [0.2, 0.25) is 0 Å². The summed E-state index contributed by atoms with van der Waals surface area (Å²) in [5, 5.41) is -1.33. The Bertz CT molecular complexity index is 361. The lowest BCUT2D eigenvalue weighted by atomic mass is 10.1. The van der Waals surface area contributed by atoms with E-state index in [4.69, 9.17) is 11.6 Å². The first kappa shape index (κ1) is 11.9. The van der Waals surface area contributed by atoms with Crippen LogP contribution in [0.15, 0.2) is 18.2 Å². The number of alkyl halides is 1. The second-order valence-corrected chi connectivity index (χ2v) is 3.67. The highest BCUT2D eigenvalue weighted by Crippen LogP contribution is 2.27. The molecular weight excluding hydrogens is 224 g/mol. The molecule has 15 heavy (non-hydrogen) atoms. The van der Waals surface area contributed by atoms with Crippen LogP contribution in [0.1, 0.15) is 10.9 Å². The second kappa shape index (κ2) is 4.57. The zero-order chi connectivity index (χ0) is 11.6. The molecule has 0 N–H and O–H groups in total. The van der Waals surface area contributed by atoms with Crippen LogP contribution in [0.25, 0.3) is 0 Å². The molecule has 0 saturated heterocycles. The van der Waals surface area contributed by atoms with E-state index in [2.05, 4.69) is 0 Å². The van der Waals surface area contributed by atoms with Gasteiger partial charge in [-0.1, -0.05) is 6.07 Å². The molecule has 1 aromatic carbocycles. The molecule has 2 nitrogen and oxygen atoms in total. The Hall–Kier alpha value is -1.16. The lowest BCUT2D eigenvalue weighted by Crippen LogP contribution is -2.26. The van der Waals surface area contributed by atoms with Crippen LogP contribution in [0, 0.1) is 11.6 Å². The third kappa shape index (κ3) is 2.45. The monoisotopic (exact) mass is 233 g/mol. The van der Waals surface area contributed by atoms with Crippen molar-refractivity contribution in [1.29, 1.82) is 0 Å². The van der Waals surface area contributed by atoms with Gasteiger partial charge in [-0.25, -0.2) is 8.78 Å². The molecule has 0 fully saturated rings. The van der Waals surface area contributed by atoms with E-state index in [-0.39, 0.29) is 0 Å². The van der Waals surface area contributed by atoms with Gasteiger partial charge in [0.15, 0.2) is 0 Å². The van der Waals surface area contributed by atoms with Crippen LogP contribution in [0.4, 0.5) is 8.78 Å². The maximum atomic E-state index is 13.2. The van der Waals surface area contributed by atoms with E-state index in [1.807, 2.05) is 0 Å². The maximum Gasteiger partial charge on any atom is 0.244 e. The molecule has 1 rings (SSSR count). The minimum atomic E-state index is -1.33. The minimum absolute atomic E-state index is 0.405. The van der Waals surface area contributed by atoms with Gasteiger partial charge in [-0.05, 0) is 12.1 Å². The SMILES string of the molecule is CN(C)C(=O)C(Cl)c1c(F)cccc1F. The normalized spacial score (nSPS) is 12.3. The van der Waals surface area contributed by atoms with Crippen molar-refractivity contribution in [1.82, 2.24) is 4.90 Å². The van der Waals surface area contributed by atoms with Crippen molar-refractivity contribution >= 4 is 17.5 Å². The molecule has 0 spiro atoms. The second-order valence-electron chi connectivity index (χ2n) is 3.23. The number of likely N-dealkylation sites (N-methyl/N-ethyl adjacent to an activating group) is 1. The summed E-state index contributed by atoms with van der Waals surface area (Å²) >= 11 is 5.69. The van der Waals surface area contributed by atoms with Crippen molar-refractivity contribution in [2.24, 2.45) is 0 Å². The summed E-state index contributed by atoms with van der Waals surface area (Å²) in [7, 11) is 2.94. The summed E-state index contributed by atoms with van der Waals surface area (Å²) in [5.41, 5.74) is -0.405. The minimum Gasteiger partial charge on any atom is -0.347 e. The molecule has 0 aliphatic carbocycles. The molecule has 0 radical (unpaired) electrons. The molecule has 0 aliphatic rings. The molecule has 1 unspecified atom stereocenters. The number of rotatable bonds is 2. The Morgan fingerprint density at radius 1 is 1.33 bits per heavy atom. The molecule has 1 atom stereocenters. The van der Waals surface area contributed by atoms with Crippen LogP contribution in [-0.2, 0) is 4.79 Å². The Labute approximate surface area is 91.4 Å². The van der Waals surface area contributed by atoms with Crippen LogP contribution in [0.3, 0.4) is 0 Å². The molecule has 0 bridgehead atoms. The fourth-order valence-electron chi connectivity index (χ4n) is 1.10. The van der Waals surface area contributed by atoms with E-state index in [1.54, 1.807) is 0 Å². The van der Waals surface area contributed by atoms with Gasteiger partial charge in [0.25, 0.3) is 0 Å². The lowest BCUT2D eigenvalue weighted by molar-refractivity contribution is -0.128. The smallest absolute Gasteiger partial charge is 0.244 e. The van der Waals surface area contributed by atoms with Crippen LogP contribution >= 0.6 is 11.6 Å². The standard InChI is InChI=1S/C10H10ClF2NO/c1-14(2)10(15)9(11)8-6(12)4-3-5-7(8)13/h3-5,9H,1-2H3. The van der Waals surface area contributed by atoms with Gasteiger partial charge in [0, 0.05) is 14.1 Å². The predicted octanol–water partition coefficient (Wildman–Crippen LogP) is 2.33. The van der Waals surface area contributed by atoms with Crippen molar-refractivity contribution in [2.45, 2.75) is 5.38 Å². The van der Waals surface area contributed by atoms with Gasteiger partial charge in [-0.2, -0.15) is 0 Å². The Morgan fingerprint density at radius 2 is 1.80 bits per heavy atom. The van der Waals surface area contributed by atoms with Gasteiger partial charge in [-0.3, -0.25) is 4.79 Å². The quantitative estimate of drug-likeness (QED) is 0.718. The summed E-state index contributed by atoms with van der Waals surface area (Å²) in [6.45, 7) is 0. The van der Waals surface area contributed by atoms with Crippen molar-refractivity contribution in [3.63, 3.8) is 0 Å². The topological polar surface area (TPSA) is 20.3 Å². The van der Waals surface area contributed by atoms with Gasteiger partial charge in [0.2, 0.25) is 5.91 Å². The maximum absolute atomic E-state index is 13.2. The summed E-state index contributed by atoms with van der Waals surface area (Å²) in [4.78, 5) is 12.6. The molecular formula is C10H10ClF2NO. The number of carbonyl (C=O) groups excluding carboxylic acids is 1. The van der Waals surface area contributed by atoms with E-state index < -0.39 is 28.5 Å². The Balaban J connectivity index is 3.11. The van der Waals surface area contributed by atoms with Crippen molar-refractivity contribution in [2.75, 3.05) is 14.1 Å². The van der Waals surface area contributed by atoms with E-state index in [0.29, 0.717) is 0 Å². The third-order valence-corrected chi connectivity index (χ3v) is 2.32. The number of carbonyl (C=O) groups is 1. The number of hydrogen-bond donors (Lipinski definition) is 0. The molecule has 82 valence electrons. The van der Waals surface area contributed by atoms with Crippen LogP contribution < -0.4 is 0 Å². The predicted molar refractivity (Wildman–Crippen MR) is 53.6 cm³/mol. The van der Waals surface area contributed by atoms with E-state index in [9.17, 15) is 13.6 Å². The van der Waals surface area contributed by atoms with Crippen LogP contribution in [-0.4, -0.2) is 24.9 Å². The van der Waals surface area contributed by atoms with Gasteiger partial charge in [-0.15, -0.1) is 11.6 Å². The van der Waals surface area contributed by atoms with E-state index in [0.717, 1.165) is 12.1 Å². The Morgan fingerprint density at radius 3 is 2.20 bits per heavy atom. The number of hydrogen-bond acceptors (Lipinski definition) is 1.